The van der Waals surface area contributed by atoms with Crippen LogP contribution in [0, 0.1) is 29.1 Å². The van der Waals surface area contributed by atoms with Gasteiger partial charge in [0.15, 0.2) is 17.7 Å². The average molecular weight is 615 g/mol. The van der Waals surface area contributed by atoms with E-state index in [9.17, 15) is 31.5 Å². The van der Waals surface area contributed by atoms with E-state index in [4.69, 9.17) is 24.5 Å². The van der Waals surface area contributed by atoms with Crippen molar-refractivity contribution < 1.29 is 55.2 Å². The number of nitrogens with zero attached hydrogens (tertiary/aromatic N) is 3. The van der Waals surface area contributed by atoms with Gasteiger partial charge in [0.25, 0.3) is 5.91 Å². The number of carbonyl (C=O) groups excluding carboxylic acids is 2. The molecule has 0 bridgehead atoms. The van der Waals surface area contributed by atoms with Crippen LogP contribution in [0.1, 0.15) is 33.3 Å². The maximum atomic E-state index is 14.3. The van der Waals surface area contributed by atoms with Crippen LogP contribution in [0.2, 0.25) is 0 Å². The van der Waals surface area contributed by atoms with E-state index in [0.29, 0.717) is 5.56 Å². The van der Waals surface area contributed by atoms with Gasteiger partial charge in [-0.3, -0.25) is 4.79 Å². The summed E-state index contributed by atoms with van der Waals surface area (Å²) in [4.78, 5) is 29.5. The Morgan fingerprint density at radius 2 is 1.47 bits per heavy atom. The Labute approximate surface area is 241 Å². The van der Waals surface area contributed by atoms with Crippen molar-refractivity contribution in [1.29, 1.82) is 0 Å². The van der Waals surface area contributed by atoms with Crippen LogP contribution in [0.25, 0.3) is 10.4 Å². The molecule has 4 rings (SSSR count). The predicted molar refractivity (Wildman–Crippen MR) is 136 cm³/mol. The lowest BCUT2D eigenvalue weighted by atomic mass is 10.0. The fourth-order valence-corrected chi connectivity index (χ4v) is 4.77. The van der Waals surface area contributed by atoms with E-state index < -0.39 is 88.7 Å². The van der Waals surface area contributed by atoms with Gasteiger partial charge >= 0.3 is 5.97 Å². The molecule has 0 unspecified atom stereocenters. The van der Waals surface area contributed by atoms with Crippen molar-refractivity contribution >= 4 is 11.9 Å². The van der Waals surface area contributed by atoms with E-state index in [-0.39, 0.29) is 13.0 Å². The second kappa shape index (κ2) is 12.4. The Morgan fingerprint density at radius 3 is 2.07 bits per heavy atom. The molecule has 232 valence electrons. The van der Waals surface area contributed by atoms with Crippen molar-refractivity contribution in [3.63, 3.8) is 0 Å². The number of hydrogen-bond acceptors (Lipinski definition) is 8. The van der Waals surface area contributed by atoms with E-state index in [1.54, 1.807) is 44.2 Å². The molecule has 2 aromatic rings. The molecule has 0 aromatic heterocycles. The summed E-state index contributed by atoms with van der Waals surface area (Å²) in [7, 11) is 0. The highest BCUT2D eigenvalue weighted by atomic mass is 19.2. The molecule has 2 saturated heterocycles. The quantitative estimate of drug-likeness (QED) is 0.0647. The van der Waals surface area contributed by atoms with Crippen molar-refractivity contribution in [1.82, 2.24) is 5.32 Å². The number of amides is 1. The minimum absolute atomic E-state index is 0.176. The van der Waals surface area contributed by atoms with Crippen molar-refractivity contribution in [3.05, 3.63) is 75.4 Å². The van der Waals surface area contributed by atoms with E-state index in [1.165, 1.54) is 13.8 Å². The van der Waals surface area contributed by atoms with E-state index in [2.05, 4.69) is 20.1 Å². The van der Waals surface area contributed by atoms with Gasteiger partial charge in [0, 0.05) is 11.3 Å². The molecule has 16 heteroatoms. The second-order valence-electron chi connectivity index (χ2n) is 10.6. The molecule has 0 saturated carbocycles. The summed E-state index contributed by atoms with van der Waals surface area (Å²) in [6, 6.07) is 6.32. The Hall–Kier alpha value is -3.82. The van der Waals surface area contributed by atoms with Crippen LogP contribution in [0.15, 0.2) is 35.4 Å². The van der Waals surface area contributed by atoms with Gasteiger partial charge in [-0.05, 0) is 38.8 Å². The SMILES string of the molecule is CC1(C)O[C@H]([C@@H]2OC(C)(C)O[C@H]2C(=O)N[C@H](Cc2ccccc2)C(=O)Oc2c(F)c(F)c(F)c(F)c2F)[C@@H](CN=[N+]=[N-])O1. The molecule has 2 heterocycles. The van der Waals surface area contributed by atoms with Crippen LogP contribution in [0.5, 0.6) is 5.75 Å². The summed E-state index contributed by atoms with van der Waals surface area (Å²) in [5.74, 6) is -18.6. The predicted octanol–water partition coefficient (Wildman–Crippen LogP) is 4.37. The number of benzene rings is 2. The third kappa shape index (κ3) is 7.05. The summed E-state index contributed by atoms with van der Waals surface area (Å²) < 4.78 is 97.7. The molecular formula is C27H27F5N4O7. The van der Waals surface area contributed by atoms with E-state index in [1.807, 2.05) is 0 Å². The number of ether oxygens (including phenoxy) is 5. The molecule has 2 fully saturated rings. The lowest BCUT2D eigenvalue weighted by Gasteiger charge is -2.26. The van der Waals surface area contributed by atoms with Crippen molar-refractivity contribution in [2.45, 2.75) is 76.1 Å². The Balaban J connectivity index is 1.63. The van der Waals surface area contributed by atoms with Crippen LogP contribution in [0.4, 0.5) is 22.0 Å². The number of esters is 1. The summed E-state index contributed by atoms with van der Waals surface area (Å²) in [5.41, 5.74) is 9.23. The van der Waals surface area contributed by atoms with Crippen molar-refractivity contribution in [3.8, 4) is 5.75 Å². The number of nitrogens with one attached hydrogen (secondary N) is 1. The van der Waals surface area contributed by atoms with E-state index in [0.717, 1.165) is 0 Å². The first-order valence-corrected chi connectivity index (χ1v) is 12.9. The third-order valence-corrected chi connectivity index (χ3v) is 6.51. The summed E-state index contributed by atoms with van der Waals surface area (Å²) in [6.45, 7) is 6.03. The maximum Gasteiger partial charge on any atom is 0.334 e. The van der Waals surface area contributed by atoms with Crippen molar-refractivity contribution in [2.24, 2.45) is 5.11 Å². The van der Waals surface area contributed by atoms with E-state index >= 15 is 0 Å². The molecule has 0 aliphatic carbocycles. The lowest BCUT2D eigenvalue weighted by molar-refractivity contribution is -0.175. The smallest absolute Gasteiger partial charge is 0.334 e. The molecule has 2 aliphatic heterocycles. The fraction of sp³-hybridized carbons (Fsp3) is 0.481. The van der Waals surface area contributed by atoms with Gasteiger partial charge in [0.2, 0.25) is 34.8 Å². The molecule has 0 spiro atoms. The second-order valence-corrected chi connectivity index (χ2v) is 10.6. The molecule has 11 nitrogen and oxygen atoms in total. The number of halogens is 5. The Kier molecular flexibility index (Phi) is 9.27. The average Bonchev–Trinajstić information content (AvgIpc) is 3.46. The highest BCUT2D eigenvalue weighted by Gasteiger charge is 2.56. The van der Waals surface area contributed by atoms with Gasteiger partial charge in [-0.25, -0.2) is 18.0 Å². The minimum atomic E-state index is -2.43. The summed E-state index contributed by atoms with van der Waals surface area (Å²) in [5, 5.41) is 5.89. The molecule has 2 aliphatic rings. The van der Waals surface area contributed by atoms with Gasteiger partial charge in [-0.15, -0.1) is 0 Å². The van der Waals surface area contributed by atoms with Gasteiger partial charge < -0.3 is 29.0 Å². The zero-order valence-corrected chi connectivity index (χ0v) is 23.3. The number of hydrogen-bond donors (Lipinski definition) is 1. The molecule has 0 radical (unpaired) electrons. The molecule has 43 heavy (non-hydrogen) atoms. The Morgan fingerprint density at radius 1 is 0.907 bits per heavy atom. The van der Waals surface area contributed by atoms with Gasteiger partial charge in [0.05, 0.1) is 12.6 Å². The van der Waals surface area contributed by atoms with Gasteiger partial charge in [-0.2, -0.15) is 8.78 Å². The fourth-order valence-electron chi connectivity index (χ4n) is 4.77. The monoisotopic (exact) mass is 614 g/mol. The topological polar surface area (TPSA) is 141 Å². The summed E-state index contributed by atoms with van der Waals surface area (Å²) >= 11 is 0. The third-order valence-electron chi connectivity index (χ3n) is 6.51. The first-order valence-electron chi connectivity index (χ1n) is 12.9. The van der Waals surface area contributed by atoms with Gasteiger partial charge in [-0.1, -0.05) is 35.4 Å². The number of carbonyl (C=O) groups is 2. The Bertz CT molecular complexity index is 1410. The first-order chi connectivity index (χ1) is 20.1. The summed E-state index contributed by atoms with van der Waals surface area (Å²) in [6.07, 6.45) is -4.79. The van der Waals surface area contributed by atoms with Crippen LogP contribution in [0.3, 0.4) is 0 Å². The van der Waals surface area contributed by atoms with Crippen molar-refractivity contribution in [2.75, 3.05) is 6.54 Å². The standard InChI is InChI=1S/C27H27F5N4O7/c1-26(2)40-14(11-34-36-33)20(41-26)22-23(43-27(3,4)42-22)24(37)35-13(10-12-8-6-5-7-9-12)25(38)39-21-18(31)16(29)15(28)17(30)19(21)32/h5-9,13-14,20,22-23H,10-11H2,1-4H3,(H,35,37)/t13-,14-,20+,22+,23-/m1/s1. The molecule has 2 aromatic carbocycles. The largest absolute Gasteiger partial charge is 0.418 e. The number of rotatable bonds is 9. The van der Waals surface area contributed by atoms with Crippen LogP contribution in [-0.2, 0) is 35.0 Å². The maximum absolute atomic E-state index is 14.3. The first kappa shape index (κ1) is 32.1. The normalized spacial score (nSPS) is 24.7. The lowest BCUT2D eigenvalue weighted by Crippen LogP contribution is -2.53. The number of azide groups is 1. The molecule has 1 N–H and O–H groups in total. The zero-order chi connectivity index (χ0) is 31.7. The highest BCUT2D eigenvalue weighted by Crippen LogP contribution is 2.39. The molecular weight excluding hydrogens is 587 g/mol. The molecule has 1 amide bonds. The van der Waals surface area contributed by atoms with Crippen LogP contribution >= 0.6 is 0 Å². The molecule has 5 atom stereocenters. The highest BCUT2D eigenvalue weighted by molar-refractivity contribution is 5.88. The minimum Gasteiger partial charge on any atom is -0.418 e. The van der Waals surface area contributed by atoms with Crippen LogP contribution in [-0.4, -0.2) is 60.5 Å². The van der Waals surface area contributed by atoms with Gasteiger partial charge in [0.1, 0.15) is 18.2 Å². The zero-order valence-electron chi connectivity index (χ0n) is 23.3. The van der Waals surface area contributed by atoms with Crippen LogP contribution < -0.4 is 10.1 Å².